The molecule has 0 saturated carbocycles. The van der Waals surface area contributed by atoms with E-state index in [4.69, 9.17) is 9.47 Å². The van der Waals surface area contributed by atoms with Gasteiger partial charge in [-0.3, -0.25) is 9.59 Å². The van der Waals surface area contributed by atoms with E-state index >= 15 is 0 Å². The van der Waals surface area contributed by atoms with E-state index in [-0.39, 0.29) is 23.3 Å². The summed E-state index contributed by atoms with van der Waals surface area (Å²) < 4.78 is 11.9. The van der Waals surface area contributed by atoms with E-state index in [1.54, 1.807) is 13.2 Å². The summed E-state index contributed by atoms with van der Waals surface area (Å²) in [5, 5.41) is 6.14. The number of carbonyl (C=O) groups excluding carboxylic acids is 2. The molecule has 5 rings (SSSR count). The molecule has 2 heterocycles. The molecule has 4 aromatic rings. The normalized spacial score (nSPS) is 12.6. The third-order valence-electron chi connectivity index (χ3n) is 7.27. The lowest BCUT2D eigenvalue weighted by molar-refractivity contribution is -0.130. The van der Waals surface area contributed by atoms with E-state index < -0.39 is 5.91 Å². The van der Waals surface area contributed by atoms with Gasteiger partial charge >= 0.3 is 0 Å². The van der Waals surface area contributed by atoms with E-state index in [1.165, 1.54) is 6.20 Å². The molecule has 2 N–H and O–H groups in total. The number of amides is 2. The van der Waals surface area contributed by atoms with Crippen LogP contribution < -0.4 is 20.1 Å². The van der Waals surface area contributed by atoms with Gasteiger partial charge in [0.2, 0.25) is 17.7 Å². The first-order chi connectivity index (χ1) is 20.4. The van der Waals surface area contributed by atoms with Crippen molar-refractivity contribution in [3.8, 4) is 17.4 Å². The van der Waals surface area contributed by atoms with Gasteiger partial charge in [0.25, 0.3) is 5.91 Å². The number of para-hydroxylation sites is 2. The Morgan fingerprint density at radius 1 is 0.929 bits per heavy atom. The standard InChI is InChI=1S/C33H35N5O4/c1-22-10-9-11-23(2)30(22)36-31(40)26-21-34-33(35-25-12-5-4-6-13-25)37-32(26)42-27-16-14-24(20-28(27)41-3)15-17-29(39)38-18-7-8-19-38/h4-6,9-14,16,20-21H,7-8,15,17-19H2,1-3H3,(H,36,40)(H,34,35,37). The summed E-state index contributed by atoms with van der Waals surface area (Å²) in [7, 11) is 1.55. The summed E-state index contributed by atoms with van der Waals surface area (Å²) in [6.07, 6.45) is 4.62. The third-order valence-corrected chi connectivity index (χ3v) is 7.27. The Morgan fingerprint density at radius 2 is 1.67 bits per heavy atom. The number of rotatable bonds is 10. The molecule has 0 atom stereocenters. The summed E-state index contributed by atoms with van der Waals surface area (Å²) >= 11 is 0. The highest BCUT2D eigenvalue weighted by Crippen LogP contribution is 2.34. The molecule has 1 aliphatic heterocycles. The third kappa shape index (κ3) is 6.86. The van der Waals surface area contributed by atoms with Gasteiger partial charge in [0.05, 0.1) is 7.11 Å². The lowest BCUT2D eigenvalue weighted by atomic mass is 10.1. The topological polar surface area (TPSA) is 106 Å². The van der Waals surface area contributed by atoms with Crippen LogP contribution in [0.1, 0.15) is 46.3 Å². The number of hydrogen-bond donors (Lipinski definition) is 2. The van der Waals surface area contributed by atoms with Crippen LogP contribution in [-0.2, 0) is 11.2 Å². The summed E-state index contributed by atoms with van der Waals surface area (Å²) in [5.41, 5.74) is 4.52. The molecule has 1 saturated heterocycles. The molecule has 216 valence electrons. The van der Waals surface area contributed by atoms with E-state index in [0.29, 0.717) is 24.3 Å². The monoisotopic (exact) mass is 565 g/mol. The van der Waals surface area contributed by atoms with Gasteiger partial charge in [0.1, 0.15) is 5.56 Å². The summed E-state index contributed by atoms with van der Waals surface area (Å²) in [4.78, 5) is 36.9. The highest BCUT2D eigenvalue weighted by molar-refractivity contribution is 6.06. The quantitative estimate of drug-likeness (QED) is 0.228. The number of carbonyl (C=O) groups is 2. The molecule has 9 nitrogen and oxygen atoms in total. The van der Waals surface area contributed by atoms with Crippen LogP contribution in [0.2, 0.25) is 0 Å². The molecule has 0 bridgehead atoms. The summed E-state index contributed by atoms with van der Waals surface area (Å²) in [6, 6.07) is 20.8. The molecule has 0 unspecified atom stereocenters. The summed E-state index contributed by atoms with van der Waals surface area (Å²) in [6.45, 7) is 5.56. The van der Waals surface area contributed by atoms with Crippen molar-refractivity contribution in [3.63, 3.8) is 0 Å². The fourth-order valence-corrected chi connectivity index (χ4v) is 4.93. The molecule has 42 heavy (non-hydrogen) atoms. The Bertz CT molecular complexity index is 1550. The van der Waals surface area contributed by atoms with Gasteiger partial charge < -0.3 is 25.0 Å². The highest BCUT2D eigenvalue weighted by atomic mass is 16.5. The Hall–Kier alpha value is -4.92. The molecule has 3 aromatic carbocycles. The van der Waals surface area contributed by atoms with Crippen molar-refractivity contribution in [1.29, 1.82) is 0 Å². The number of likely N-dealkylation sites (tertiary alicyclic amines) is 1. The van der Waals surface area contributed by atoms with Crippen molar-refractivity contribution >= 4 is 29.1 Å². The number of anilines is 3. The minimum absolute atomic E-state index is 0.0717. The second kappa shape index (κ2) is 13.2. The average molecular weight is 566 g/mol. The van der Waals surface area contributed by atoms with Gasteiger partial charge in [-0.25, -0.2) is 4.98 Å². The maximum Gasteiger partial charge on any atom is 0.262 e. The fourth-order valence-electron chi connectivity index (χ4n) is 4.93. The number of nitrogens with zero attached hydrogens (tertiary/aromatic N) is 3. The van der Waals surface area contributed by atoms with Crippen LogP contribution >= 0.6 is 0 Å². The average Bonchev–Trinajstić information content (AvgIpc) is 3.54. The highest BCUT2D eigenvalue weighted by Gasteiger charge is 2.21. The van der Waals surface area contributed by atoms with E-state index in [9.17, 15) is 9.59 Å². The van der Waals surface area contributed by atoms with Crippen LogP contribution in [0.3, 0.4) is 0 Å². The first kappa shape index (κ1) is 28.6. The van der Waals surface area contributed by atoms with Crippen LogP contribution in [-0.4, -0.2) is 46.9 Å². The van der Waals surface area contributed by atoms with Gasteiger partial charge in [0, 0.05) is 37.1 Å². The maximum atomic E-state index is 13.5. The first-order valence-corrected chi connectivity index (χ1v) is 14.1. The van der Waals surface area contributed by atoms with Gasteiger partial charge in [-0.2, -0.15) is 4.98 Å². The predicted molar refractivity (Wildman–Crippen MR) is 163 cm³/mol. The van der Waals surface area contributed by atoms with Crippen LogP contribution in [0, 0.1) is 13.8 Å². The van der Waals surface area contributed by atoms with Gasteiger partial charge in [-0.1, -0.05) is 42.5 Å². The molecule has 0 spiro atoms. The zero-order valence-electron chi connectivity index (χ0n) is 24.1. The molecular weight excluding hydrogens is 530 g/mol. The van der Waals surface area contributed by atoms with Crippen molar-refractivity contribution < 1.29 is 19.1 Å². The predicted octanol–water partition coefficient (Wildman–Crippen LogP) is 6.45. The molecule has 1 aliphatic rings. The molecule has 1 aromatic heterocycles. The lowest BCUT2D eigenvalue weighted by Crippen LogP contribution is -2.27. The Balaban J connectivity index is 1.41. The number of aromatic nitrogens is 2. The zero-order chi connectivity index (χ0) is 29.5. The number of methoxy groups -OCH3 is 1. The smallest absolute Gasteiger partial charge is 0.262 e. The van der Waals surface area contributed by atoms with Gasteiger partial charge in [-0.05, 0) is 74.1 Å². The van der Waals surface area contributed by atoms with E-state index in [2.05, 4.69) is 20.6 Å². The van der Waals surface area contributed by atoms with Crippen molar-refractivity contribution in [3.05, 3.63) is 95.2 Å². The minimum atomic E-state index is -0.398. The van der Waals surface area contributed by atoms with E-state index in [1.807, 2.05) is 79.4 Å². The van der Waals surface area contributed by atoms with E-state index in [0.717, 1.165) is 54.0 Å². The lowest BCUT2D eigenvalue weighted by Gasteiger charge is -2.17. The van der Waals surface area contributed by atoms with Crippen molar-refractivity contribution in [1.82, 2.24) is 14.9 Å². The van der Waals surface area contributed by atoms with Crippen molar-refractivity contribution in [2.75, 3.05) is 30.8 Å². The molecule has 0 radical (unpaired) electrons. The number of hydrogen-bond acceptors (Lipinski definition) is 7. The number of benzene rings is 3. The van der Waals surface area contributed by atoms with Crippen LogP contribution in [0.25, 0.3) is 0 Å². The van der Waals surface area contributed by atoms with Crippen LogP contribution in [0.5, 0.6) is 17.4 Å². The number of nitrogens with one attached hydrogen (secondary N) is 2. The molecule has 9 heteroatoms. The molecule has 1 fully saturated rings. The van der Waals surface area contributed by atoms with Gasteiger partial charge in [0.15, 0.2) is 11.5 Å². The number of ether oxygens (including phenoxy) is 2. The minimum Gasteiger partial charge on any atom is -0.493 e. The SMILES string of the molecule is COc1cc(CCC(=O)N2CCCC2)ccc1Oc1nc(Nc2ccccc2)ncc1C(=O)Nc1c(C)cccc1C. The Morgan fingerprint density at radius 3 is 2.38 bits per heavy atom. The second-order valence-electron chi connectivity index (χ2n) is 10.3. The van der Waals surface area contributed by atoms with Crippen LogP contribution in [0.15, 0.2) is 72.9 Å². The molecular formula is C33H35N5O4. The molecule has 2 amide bonds. The van der Waals surface area contributed by atoms with Crippen molar-refractivity contribution in [2.45, 2.75) is 39.5 Å². The number of aryl methyl sites for hydroxylation is 3. The largest absolute Gasteiger partial charge is 0.493 e. The molecule has 0 aliphatic carbocycles. The fraction of sp³-hybridized carbons (Fsp3) is 0.273. The zero-order valence-corrected chi connectivity index (χ0v) is 24.1. The van der Waals surface area contributed by atoms with Crippen molar-refractivity contribution in [2.24, 2.45) is 0 Å². The summed E-state index contributed by atoms with van der Waals surface area (Å²) in [5.74, 6) is 0.977. The van der Waals surface area contributed by atoms with Gasteiger partial charge in [-0.15, -0.1) is 0 Å². The first-order valence-electron chi connectivity index (χ1n) is 14.1. The second-order valence-corrected chi connectivity index (χ2v) is 10.3. The maximum absolute atomic E-state index is 13.5. The Kier molecular flexibility index (Phi) is 8.96. The Labute approximate surface area is 245 Å². The van der Waals surface area contributed by atoms with Crippen LogP contribution in [0.4, 0.5) is 17.3 Å².